The molecule has 0 heterocycles. The lowest BCUT2D eigenvalue weighted by Crippen LogP contribution is -2.43. The third-order valence-electron chi connectivity index (χ3n) is 4.50. The number of rotatable bonds is 7. The van der Waals surface area contributed by atoms with Gasteiger partial charge >= 0.3 is 0 Å². The molecule has 1 unspecified atom stereocenters. The monoisotopic (exact) mass is 476 g/mol. The number of ether oxygens (including phenoxy) is 2. The molecule has 1 atom stereocenters. The predicted octanol–water partition coefficient (Wildman–Crippen LogP) is 4.76. The van der Waals surface area contributed by atoms with Gasteiger partial charge < -0.3 is 9.47 Å². The van der Waals surface area contributed by atoms with E-state index in [-0.39, 0.29) is 18.1 Å². The van der Waals surface area contributed by atoms with Crippen molar-refractivity contribution < 1.29 is 19.1 Å². The van der Waals surface area contributed by atoms with Crippen LogP contribution in [0, 0.1) is 0 Å². The van der Waals surface area contributed by atoms with Crippen molar-refractivity contribution in [1.82, 2.24) is 10.9 Å². The number of amides is 2. The third kappa shape index (κ3) is 7.06. The van der Waals surface area contributed by atoms with Crippen molar-refractivity contribution in [1.29, 1.82) is 0 Å². The Labute approximate surface area is 186 Å². The number of carbonyl (C=O) groups is 2. The van der Waals surface area contributed by atoms with Crippen LogP contribution in [0.5, 0.6) is 11.5 Å². The van der Waals surface area contributed by atoms with Crippen LogP contribution in [0.25, 0.3) is 0 Å². The van der Waals surface area contributed by atoms with Crippen LogP contribution < -0.4 is 20.3 Å². The third-order valence-corrected chi connectivity index (χ3v) is 5.12. The molecule has 162 valence electrons. The van der Waals surface area contributed by atoms with Gasteiger partial charge in [0.05, 0.1) is 10.6 Å². The standard InChI is InChI=1S/C23H29BrN2O4/c1-6-15(2)30-18-10-7-16(8-11-18)22(28)26-25-21(27)14-29-20-12-9-17(13-19(20)24)23(3,4)5/h7-13,15H,6,14H2,1-5H3,(H,25,27)(H,26,28). The van der Waals surface area contributed by atoms with E-state index in [2.05, 4.69) is 47.6 Å². The molecule has 0 fully saturated rings. The van der Waals surface area contributed by atoms with Gasteiger partial charge in [-0.1, -0.05) is 33.8 Å². The fourth-order valence-electron chi connectivity index (χ4n) is 2.46. The number of carbonyl (C=O) groups excluding carboxylic acids is 2. The van der Waals surface area contributed by atoms with E-state index in [4.69, 9.17) is 9.47 Å². The molecular weight excluding hydrogens is 448 g/mol. The van der Waals surface area contributed by atoms with Crippen LogP contribution >= 0.6 is 15.9 Å². The summed E-state index contributed by atoms with van der Waals surface area (Å²) in [7, 11) is 0. The summed E-state index contributed by atoms with van der Waals surface area (Å²) < 4.78 is 12.0. The summed E-state index contributed by atoms with van der Waals surface area (Å²) in [4.78, 5) is 24.2. The molecule has 2 aromatic rings. The van der Waals surface area contributed by atoms with Gasteiger partial charge in [0.2, 0.25) is 0 Å². The van der Waals surface area contributed by atoms with Crippen LogP contribution in [0.4, 0.5) is 0 Å². The van der Waals surface area contributed by atoms with E-state index >= 15 is 0 Å². The minimum atomic E-state index is -0.466. The molecule has 0 spiro atoms. The molecular formula is C23H29BrN2O4. The van der Waals surface area contributed by atoms with Crippen LogP contribution in [-0.2, 0) is 10.2 Å². The first-order chi connectivity index (χ1) is 14.1. The van der Waals surface area contributed by atoms with Gasteiger partial charge in [-0.2, -0.15) is 0 Å². The molecule has 7 heteroatoms. The summed E-state index contributed by atoms with van der Waals surface area (Å²) in [5.41, 5.74) is 6.31. The highest BCUT2D eigenvalue weighted by Gasteiger charge is 2.16. The summed E-state index contributed by atoms with van der Waals surface area (Å²) in [6, 6.07) is 12.5. The second-order valence-electron chi connectivity index (χ2n) is 8.05. The average molecular weight is 477 g/mol. The summed E-state index contributed by atoms with van der Waals surface area (Å²) >= 11 is 3.47. The fraction of sp³-hybridized carbons (Fsp3) is 0.391. The molecule has 2 aromatic carbocycles. The van der Waals surface area contributed by atoms with Crippen LogP contribution in [0.1, 0.15) is 57.0 Å². The Bertz CT molecular complexity index is 876. The molecule has 0 aromatic heterocycles. The molecule has 0 radical (unpaired) electrons. The highest BCUT2D eigenvalue weighted by atomic mass is 79.9. The van der Waals surface area contributed by atoms with Gasteiger partial charge in [-0.15, -0.1) is 0 Å². The zero-order valence-electron chi connectivity index (χ0n) is 18.0. The van der Waals surface area contributed by atoms with E-state index < -0.39 is 11.8 Å². The molecule has 0 aliphatic carbocycles. The van der Waals surface area contributed by atoms with Gasteiger partial charge in [0.25, 0.3) is 11.8 Å². The summed E-state index contributed by atoms with van der Waals surface area (Å²) in [6.07, 6.45) is 1.00. The van der Waals surface area contributed by atoms with Crippen LogP contribution in [0.2, 0.25) is 0 Å². The minimum absolute atomic E-state index is 0.0152. The maximum absolute atomic E-state index is 12.2. The van der Waals surface area contributed by atoms with E-state index in [0.717, 1.165) is 16.5 Å². The van der Waals surface area contributed by atoms with Gasteiger partial charge in [0.1, 0.15) is 11.5 Å². The Hall–Kier alpha value is -2.54. The number of hydrogen-bond acceptors (Lipinski definition) is 4. The number of benzene rings is 2. The molecule has 2 amide bonds. The Morgan fingerprint density at radius 3 is 2.30 bits per heavy atom. The Morgan fingerprint density at radius 1 is 1.07 bits per heavy atom. The van der Waals surface area contributed by atoms with Crippen molar-refractivity contribution >= 4 is 27.7 Å². The largest absolute Gasteiger partial charge is 0.491 e. The predicted molar refractivity (Wildman–Crippen MR) is 121 cm³/mol. The van der Waals surface area contributed by atoms with Crippen LogP contribution in [0.15, 0.2) is 46.9 Å². The summed E-state index contributed by atoms with van der Waals surface area (Å²) in [5, 5.41) is 0. The molecule has 2 rings (SSSR count). The Morgan fingerprint density at radius 2 is 1.73 bits per heavy atom. The van der Waals surface area contributed by atoms with Crippen LogP contribution in [0.3, 0.4) is 0 Å². The highest BCUT2D eigenvalue weighted by molar-refractivity contribution is 9.10. The van der Waals surface area contributed by atoms with Crippen LogP contribution in [-0.4, -0.2) is 24.5 Å². The molecule has 0 saturated heterocycles. The molecule has 0 bridgehead atoms. The molecule has 2 N–H and O–H groups in total. The van der Waals surface area contributed by atoms with Gasteiger partial charge in [-0.05, 0) is 76.7 Å². The second-order valence-corrected chi connectivity index (χ2v) is 8.90. The number of hydrogen-bond donors (Lipinski definition) is 2. The van der Waals surface area contributed by atoms with Gasteiger partial charge in [-0.25, -0.2) is 0 Å². The van der Waals surface area contributed by atoms with Crippen molar-refractivity contribution in [2.75, 3.05) is 6.61 Å². The number of nitrogens with one attached hydrogen (secondary N) is 2. The van der Waals surface area contributed by atoms with E-state index in [1.165, 1.54) is 0 Å². The van der Waals surface area contributed by atoms with Crippen molar-refractivity contribution in [2.45, 2.75) is 52.6 Å². The quantitative estimate of drug-likeness (QED) is 0.564. The lowest BCUT2D eigenvalue weighted by molar-refractivity contribution is -0.123. The minimum Gasteiger partial charge on any atom is -0.491 e. The molecule has 0 aliphatic rings. The Balaban J connectivity index is 1.82. The maximum atomic E-state index is 12.2. The maximum Gasteiger partial charge on any atom is 0.276 e. The van der Waals surface area contributed by atoms with E-state index in [0.29, 0.717) is 17.1 Å². The van der Waals surface area contributed by atoms with Gasteiger partial charge in [-0.3, -0.25) is 20.4 Å². The molecule has 6 nitrogen and oxygen atoms in total. The zero-order chi connectivity index (χ0) is 22.3. The first kappa shape index (κ1) is 23.7. The normalized spacial score (nSPS) is 12.1. The summed E-state index contributed by atoms with van der Waals surface area (Å²) in [6.45, 7) is 10.2. The molecule has 30 heavy (non-hydrogen) atoms. The summed E-state index contributed by atoms with van der Waals surface area (Å²) in [5.74, 6) is 0.365. The highest BCUT2D eigenvalue weighted by Crippen LogP contribution is 2.31. The van der Waals surface area contributed by atoms with Gasteiger partial charge in [0.15, 0.2) is 6.61 Å². The second kappa shape index (κ2) is 10.5. The van der Waals surface area contributed by atoms with E-state index in [9.17, 15) is 9.59 Å². The Kier molecular flexibility index (Phi) is 8.29. The van der Waals surface area contributed by atoms with Crippen molar-refractivity contribution in [2.24, 2.45) is 0 Å². The molecule has 0 saturated carbocycles. The van der Waals surface area contributed by atoms with E-state index in [1.54, 1.807) is 24.3 Å². The number of halogens is 1. The number of hydrazine groups is 1. The molecule has 0 aliphatic heterocycles. The van der Waals surface area contributed by atoms with Gasteiger partial charge in [0, 0.05) is 5.56 Å². The zero-order valence-corrected chi connectivity index (χ0v) is 19.6. The lowest BCUT2D eigenvalue weighted by atomic mass is 9.87. The van der Waals surface area contributed by atoms with Crippen molar-refractivity contribution in [3.63, 3.8) is 0 Å². The fourth-order valence-corrected chi connectivity index (χ4v) is 2.96. The topological polar surface area (TPSA) is 76.7 Å². The first-order valence-corrected chi connectivity index (χ1v) is 10.7. The van der Waals surface area contributed by atoms with Crippen molar-refractivity contribution in [3.05, 3.63) is 58.1 Å². The van der Waals surface area contributed by atoms with Crippen molar-refractivity contribution in [3.8, 4) is 11.5 Å². The first-order valence-electron chi connectivity index (χ1n) is 9.89. The SMILES string of the molecule is CCC(C)Oc1ccc(C(=O)NNC(=O)COc2ccc(C(C)(C)C)cc2Br)cc1. The lowest BCUT2D eigenvalue weighted by Gasteiger charge is -2.20. The van der Waals surface area contributed by atoms with E-state index in [1.807, 2.05) is 32.0 Å². The smallest absolute Gasteiger partial charge is 0.276 e. The average Bonchev–Trinajstić information content (AvgIpc) is 2.70.